The summed E-state index contributed by atoms with van der Waals surface area (Å²) in [5.41, 5.74) is 0.904. The molecule has 5 nitrogen and oxygen atoms in total. The van der Waals surface area contributed by atoms with E-state index in [-0.39, 0.29) is 0 Å². The molecule has 3 heterocycles. The normalized spacial score (nSPS) is 13.3. The Labute approximate surface area is 129 Å². The van der Waals surface area contributed by atoms with Gasteiger partial charge in [-0.3, -0.25) is 9.67 Å². The number of fused-ring (bicyclic) bond motifs is 1. The Kier molecular flexibility index (Phi) is 3.01. The van der Waals surface area contributed by atoms with E-state index in [9.17, 15) is 0 Å². The minimum atomic E-state index is 0.551. The maximum atomic E-state index is 5.63. The van der Waals surface area contributed by atoms with Gasteiger partial charge in [-0.2, -0.15) is 5.10 Å². The highest BCUT2D eigenvalue weighted by atomic mass is 32.1. The second-order valence-corrected chi connectivity index (χ2v) is 5.83. The molecule has 1 N–H and O–H groups in total. The van der Waals surface area contributed by atoms with Crippen LogP contribution in [0.25, 0.3) is 16.4 Å². The molecule has 106 valence electrons. The first kappa shape index (κ1) is 12.6. The number of hydrogen-bond acceptors (Lipinski definition) is 5. The van der Waals surface area contributed by atoms with Gasteiger partial charge >= 0.3 is 0 Å². The largest absolute Gasteiger partial charge is 0.486 e. The second-order valence-electron chi connectivity index (χ2n) is 4.49. The number of rotatable bonds is 2. The molecule has 0 aliphatic carbocycles. The van der Waals surface area contributed by atoms with E-state index in [0.717, 1.165) is 27.9 Å². The molecular weight excluding hydrogens is 306 g/mol. The summed E-state index contributed by atoms with van der Waals surface area (Å²) >= 11 is 6.98. The van der Waals surface area contributed by atoms with Gasteiger partial charge in [0.05, 0.1) is 10.6 Å². The van der Waals surface area contributed by atoms with Crippen LogP contribution in [-0.2, 0) is 0 Å². The van der Waals surface area contributed by atoms with E-state index >= 15 is 0 Å². The molecule has 0 amide bonds. The highest BCUT2D eigenvalue weighted by Crippen LogP contribution is 2.33. The average molecular weight is 317 g/mol. The maximum Gasteiger partial charge on any atom is 0.200 e. The molecular formula is C14H11N3O2S2. The first-order chi connectivity index (χ1) is 10.3. The van der Waals surface area contributed by atoms with Crippen LogP contribution < -0.4 is 9.47 Å². The van der Waals surface area contributed by atoms with E-state index in [2.05, 4.69) is 10.2 Å². The Bertz CT molecular complexity index is 836. The highest BCUT2D eigenvalue weighted by molar-refractivity contribution is 7.71. The van der Waals surface area contributed by atoms with Crippen molar-refractivity contribution in [2.45, 2.75) is 0 Å². The molecule has 2 aromatic heterocycles. The summed E-state index contributed by atoms with van der Waals surface area (Å²) < 4.78 is 13.6. The maximum absolute atomic E-state index is 5.63. The van der Waals surface area contributed by atoms with E-state index in [1.54, 1.807) is 11.3 Å². The van der Waals surface area contributed by atoms with Gasteiger partial charge in [-0.15, -0.1) is 11.3 Å². The second kappa shape index (κ2) is 5.01. The minimum Gasteiger partial charge on any atom is -0.486 e. The van der Waals surface area contributed by atoms with Crippen molar-refractivity contribution in [3.05, 3.63) is 40.5 Å². The molecule has 3 aromatic rings. The molecule has 1 aliphatic rings. The van der Waals surface area contributed by atoms with Crippen molar-refractivity contribution in [2.24, 2.45) is 0 Å². The SMILES string of the molecule is S=c1[nH]nc(-c2cccs2)n1-c1ccc2c(c1)OCCO2. The zero-order valence-electron chi connectivity index (χ0n) is 10.9. The topological polar surface area (TPSA) is 52.1 Å². The number of thiophene rings is 1. The van der Waals surface area contributed by atoms with E-state index in [4.69, 9.17) is 21.7 Å². The van der Waals surface area contributed by atoms with Crippen molar-refractivity contribution in [2.75, 3.05) is 13.2 Å². The Morgan fingerprint density at radius 2 is 2.05 bits per heavy atom. The quantitative estimate of drug-likeness (QED) is 0.736. The molecule has 0 radical (unpaired) electrons. The van der Waals surface area contributed by atoms with Crippen LogP contribution in [0.4, 0.5) is 0 Å². The Hall–Kier alpha value is -2.12. The third kappa shape index (κ3) is 2.14. The van der Waals surface area contributed by atoms with Gasteiger partial charge in [0.1, 0.15) is 13.2 Å². The summed E-state index contributed by atoms with van der Waals surface area (Å²) in [5.74, 6) is 2.29. The average Bonchev–Trinajstić information content (AvgIpc) is 3.16. The fraction of sp³-hybridized carbons (Fsp3) is 0.143. The summed E-state index contributed by atoms with van der Waals surface area (Å²) in [6.45, 7) is 1.14. The monoisotopic (exact) mass is 317 g/mol. The standard InChI is InChI=1S/C14H11N3O2S2/c20-14-16-15-13(12-2-1-7-21-12)17(14)9-3-4-10-11(8-9)19-6-5-18-10/h1-4,7-8H,5-6H2,(H,16,20). The predicted molar refractivity (Wildman–Crippen MR) is 83.1 cm³/mol. The van der Waals surface area contributed by atoms with Crippen molar-refractivity contribution < 1.29 is 9.47 Å². The van der Waals surface area contributed by atoms with Crippen LogP contribution in [0.2, 0.25) is 0 Å². The van der Waals surface area contributed by atoms with Crippen molar-refractivity contribution in [1.29, 1.82) is 0 Å². The zero-order chi connectivity index (χ0) is 14.2. The number of nitrogens with zero attached hydrogens (tertiary/aromatic N) is 2. The molecule has 1 aliphatic heterocycles. The van der Waals surface area contributed by atoms with Gasteiger partial charge in [0, 0.05) is 6.07 Å². The van der Waals surface area contributed by atoms with Crippen LogP contribution in [0, 0.1) is 4.77 Å². The molecule has 0 fully saturated rings. The number of H-pyrrole nitrogens is 1. The fourth-order valence-electron chi connectivity index (χ4n) is 2.28. The first-order valence-corrected chi connectivity index (χ1v) is 7.73. The lowest BCUT2D eigenvalue weighted by atomic mass is 10.2. The summed E-state index contributed by atoms with van der Waals surface area (Å²) in [4.78, 5) is 1.05. The van der Waals surface area contributed by atoms with Crippen LogP contribution >= 0.6 is 23.6 Å². The smallest absolute Gasteiger partial charge is 0.200 e. The summed E-state index contributed by atoms with van der Waals surface area (Å²) in [7, 11) is 0. The Morgan fingerprint density at radius 3 is 2.86 bits per heavy atom. The molecule has 0 unspecified atom stereocenters. The third-order valence-corrected chi connectivity index (χ3v) is 4.34. The third-order valence-electron chi connectivity index (χ3n) is 3.20. The lowest BCUT2D eigenvalue weighted by Crippen LogP contribution is -2.15. The van der Waals surface area contributed by atoms with Crippen LogP contribution in [-0.4, -0.2) is 28.0 Å². The van der Waals surface area contributed by atoms with E-state index in [0.29, 0.717) is 18.0 Å². The van der Waals surface area contributed by atoms with Gasteiger partial charge in [0.2, 0.25) is 0 Å². The molecule has 0 atom stereocenters. The molecule has 0 saturated heterocycles. The number of aromatic nitrogens is 3. The molecule has 1 aromatic carbocycles. The zero-order valence-corrected chi connectivity index (χ0v) is 12.5. The summed E-state index contributed by atoms with van der Waals surface area (Å²) in [5, 5.41) is 9.20. The van der Waals surface area contributed by atoms with Crippen molar-refractivity contribution in [1.82, 2.24) is 14.8 Å². The van der Waals surface area contributed by atoms with Gasteiger partial charge in [0.15, 0.2) is 22.1 Å². The molecule has 4 rings (SSSR count). The number of benzene rings is 1. The summed E-state index contributed by atoms with van der Waals surface area (Å²) in [6.07, 6.45) is 0. The Balaban J connectivity index is 1.87. The molecule has 0 bridgehead atoms. The van der Waals surface area contributed by atoms with Crippen LogP contribution in [0.3, 0.4) is 0 Å². The van der Waals surface area contributed by atoms with Crippen LogP contribution in [0.5, 0.6) is 11.5 Å². The first-order valence-electron chi connectivity index (χ1n) is 6.44. The van der Waals surface area contributed by atoms with E-state index in [1.807, 2.05) is 40.3 Å². The van der Waals surface area contributed by atoms with Gasteiger partial charge in [-0.05, 0) is 35.8 Å². The minimum absolute atomic E-state index is 0.551. The molecule has 0 saturated carbocycles. The van der Waals surface area contributed by atoms with Crippen molar-refractivity contribution in [3.8, 4) is 27.9 Å². The predicted octanol–water partition coefficient (Wildman–Crippen LogP) is 3.43. The van der Waals surface area contributed by atoms with Gasteiger partial charge in [-0.1, -0.05) is 6.07 Å². The highest BCUT2D eigenvalue weighted by Gasteiger charge is 2.16. The van der Waals surface area contributed by atoms with Crippen molar-refractivity contribution >= 4 is 23.6 Å². The number of hydrogen-bond donors (Lipinski definition) is 1. The van der Waals surface area contributed by atoms with Crippen LogP contribution in [0.15, 0.2) is 35.7 Å². The number of nitrogens with one attached hydrogen (secondary N) is 1. The Morgan fingerprint density at radius 1 is 1.19 bits per heavy atom. The van der Waals surface area contributed by atoms with Crippen molar-refractivity contribution in [3.63, 3.8) is 0 Å². The fourth-order valence-corrected chi connectivity index (χ4v) is 3.22. The lowest BCUT2D eigenvalue weighted by molar-refractivity contribution is 0.171. The lowest BCUT2D eigenvalue weighted by Gasteiger charge is -2.19. The van der Waals surface area contributed by atoms with E-state index in [1.165, 1.54) is 0 Å². The van der Waals surface area contributed by atoms with Gasteiger partial charge in [-0.25, -0.2) is 0 Å². The molecule has 0 spiro atoms. The summed E-state index contributed by atoms with van der Waals surface area (Å²) in [6, 6.07) is 9.79. The van der Waals surface area contributed by atoms with Crippen LogP contribution in [0.1, 0.15) is 0 Å². The number of aromatic amines is 1. The molecule has 21 heavy (non-hydrogen) atoms. The van der Waals surface area contributed by atoms with E-state index < -0.39 is 0 Å². The molecule has 7 heteroatoms. The van der Waals surface area contributed by atoms with Gasteiger partial charge in [0.25, 0.3) is 0 Å². The number of ether oxygens (including phenoxy) is 2. The van der Waals surface area contributed by atoms with Gasteiger partial charge < -0.3 is 9.47 Å².